The zero-order chi connectivity index (χ0) is 10.4. The predicted molar refractivity (Wildman–Crippen MR) is 56.0 cm³/mol. The molecule has 0 fully saturated rings. The minimum atomic E-state index is -0.0200. The van der Waals surface area contributed by atoms with Crippen LogP contribution in [0.1, 0.15) is 12.5 Å². The lowest BCUT2D eigenvalue weighted by Crippen LogP contribution is -2.24. The Morgan fingerprint density at radius 2 is 2.14 bits per heavy atom. The largest absolute Gasteiger partial charge is 0.392 e. The number of anilines is 1. The zero-order valence-corrected chi connectivity index (χ0v) is 8.35. The van der Waals surface area contributed by atoms with Crippen LogP contribution in [0.4, 0.5) is 5.95 Å². The van der Waals surface area contributed by atoms with E-state index in [-0.39, 0.29) is 6.61 Å². The summed E-state index contributed by atoms with van der Waals surface area (Å²) in [4.78, 5) is 10.3. The molecule has 76 valence electrons. The maximum atomic E-state index is 8.82. The molecule has 0 bridgehead atoms. The van der Waals surface area contributed by atoms with Crippen LogP contribution in [0, 0.1) is 0 Å². The maximum Gasteiger partial charge on any atom is 0.225 e. The maximum absolute atomic E-state index is 8.82. The molecule has 0 aliphatic carbocycles. The van der Waals surface area contributed by atoms with E-state index in [1.807, 2.05) is 17.9 Å². The van der Waals surface area contributed by atoms with Gasteiger partial charge in [0.1, 0.15) is 0 Å². The number of likely N-dealkylation sites (N-methyl/N-ethyl adjacent to an activating group) is 1. The van der Waals surface area contributed by atoms with Crippen molar-refractivity contribution in [2.45, 2.75) is 13.5 Å². The van der Waals surface area contributed by atoms with Crippen molar-refractivity contribution in [2.24, 2.45) is 0 Å². The average Bonchev–Trinajstić information content (AvgIpc) is 2.26. The van der Waals surface area contributed by atoms with E-state index in [1.165, 1.54) is 0 Å². The van der Waals surface area contributed by atoms with Gasteiger partial charge in [-0.2, -0.15) is 0 Å². The molecule has 0 spiro atoms. The summed E-state index contributed by atoms with van der Waals surface area (Å²) in [5, 5.41) is 8.82. The van der Waals surface area contributed by atoms with Gasteiger partial charge in [-0.1, -0.05) is 6.08 Å². The Hall–Kier alpha value is -1.42. The number of aliphatic hydroxyl groups is 1. The lowest BCUT2D eigenvalue weighted by molar-refractivity contribution is 0.281. The van der Waals surface area contributed by atoms with Crippen molar-refractivity contribution in [1.82, 2.24) is 9.97 Å². The van der Waals surface area contributed by atoms with Gasteiger partial charge >= 0.3 is 0 Å². The van der Waals surface area contributed by atoms with Crippen molar-refractivity contribution in [3.05, 3.63) is 30.6 Å². The molecule has 1 heterocycles. The van der Waals surface area contributed by atoms with Crippen LogP contribution in [0.15, 0.2) is 25.0 Å². The third-order valence-corrected chi connectivity index (χ3v) is 1.89. The standard InChI is InChI=1S/C10H15N3O/c1-3-5-13(4-2)10-11-6-9(8-14)7-12-10/h3,6-7,14H,1,4-5,8H2,2H3. The highest BCUT2D eigenvalue weighted by atomic mass is 16.3. The number of hydrogen-bond donors (Lipinski definition) is 1. The highest BCUT2D eigenvalue weighted by molar-refractivity contribution is 5.30. The molecule has 1 rings (SSSR count). The summed E-state index contributed by atoms with van der Waals surface area (Å²) in [5.41, 5.74) is 0.725. The van der Waals surface area contributed by atoms with E-state index in [9.17, 15) is 0 Å². The highest BCUT2D eigenvalue weighted by Gasteiger charge is 2.04. The molecule has 0 atom stereocenters. The van der Waals surface area contributed by atoms with Gasteiger partial charge in [-0.25, -0.2) is 9.97 Å². The summed E-state index contributed by atoms with van der Waals surface area (Å²) in [6, 6.07) is 0. The molecule has 0 aliphatic heterocycles. The zero-order valence-electron chi connectivity index (χ0n) is 8.35. The second-order valence-electron chi connectivity index (χ2n) is 2.88. The SMILES string of the molecule is C=CCN(CC)c1ncc(CO)cn1. The van der Waals surface area contributed by atoms with Gasteiger partial charge in [0.2, 0.25) is 5.95 Å². The predicted octanol–water partition coefficient (Wildman–Crippen LogP) is 0.981. The fourth-order valence-electron chi connectivity index (χ4n) is 1.10. The second-order valence-corrected chi connectivity index (χ2v) is 2.88. The molecular formula is C10H15N3O. The van der Waals surface area contributed by atoms with Crippen molar-refractivity contribution < 1.29 is 5.11 Å². The van der Waals surface area contributed by atoms with Gasteiger partial charge in [0.15, 0.2) is 0 Å². The van der Waals surface area contributed by atoms with Gasteiger partial charge in [0.25, 0.3) is 0 Å². The van der Waals surface area contributed by atoms with Gasteiger partial charge in [-0.3, -0.25) is 0 Å². The number of aromatic nitrogens is 2. The van der Waals surface area contributed by atoms with Gasteiger partial charge < -0.3 is 10.0 Å². The molecule has 1 aromatic rings. The van der Waals surface area contributed by atoms with E-state index in [0.717, 1.165) is 18.7 Å². The number of hydrogen-bond acceptors (Lipinski definition) is 4. The van der Waals surface area contributed by atoms with Gasteiger partial charge in [0.05, 0.1) is 6.61 Å². The summed E-state index contributed by atoms with van der Waals surface area (Å²) in [6.45, 7) is 7.25. The van der Waals surface area contributed by atoms with Gasteiger partial charge in [0, 0.05) is 31.0 Å². The van der Waals surface area contributed by atoms with Crippen LogP contribution in [0.3, 0.4) is 0 Å². The van der Waals surface area contributed by atoms with E-state index in [2.05, 4.69) is 16.5 Å². The average molecular weight is 193 g/mol. The van der Waals surface area contributed by atoms with Crippen LogP contribution < -0.4 is 4.90 Å². The van der Waals surface area contributed by atoms with E-state index < -0.39 is 0 Å². The van der Waals surface area contributed by atoms with Crippen molar-refractivity contribution in [3.8, 4) is 0 Å². The molecule has 0 aliphatic rings. The van der Waals surface area contributed by atoms with Crippen LogP contribution in [-0.4, -0.2) is 28.2 Å². The van der Waals surface area contributed by atoms with Crippen LogP contribution in [0.2, 0.25) is 0 Å². The van der Waals surface area contributed by atoms with Crippen molar-refractivity contribution in [1.29, 1.82) is 0 Å². The summed E-state index contributed by atoms with van der Waals surface area (Å²) < 4.78 is 0. The Morgan fingerprint density at radius 3 is 2.57 bits per heavy atom. The Morgan fingerprint density at radius 1 is 1.50 bits per heavy atom. The first-order valence-electron chi connectivity index (χ1n) is 4.59. The fourth-order valence-corrected chi connectivity index (χ4v) is 1.10. The quantitative estimate of drug-likeness (QED) is 0.708. The number of rotatable bonds is 5. The highest BCUT2D eigenvalue weighted by Crippen LogP contribution is 2.06. The van der Waals surface area contributed by atoms with Crippen molar-refractivity contribution >= 4 is 5.95 Å². The molecule has 1 aromatic heterocycles. The smallest absolute Gasteiger partial charge is 0.225 e. The summed E-state index contributed by atoms with van der Waals surface area (Å²) in [7, 11) is 0. The normalized spacial score (nSPS) is 9.86. The summed E-state index contributed by atoms with van der Waals surface area (Å²) in [6.07, 6.45) is 5.08. The second kappa shape index (κ2) is 5.34. The number of aliphatic hydroxyl groups excluding tert-OH is 1. The Balaban J connectivity index is 2.77. The molecule has 0 saturated carbocycles. The molecule has 0 aromatic carbocycles. The molecular weight excluding hydrogens is 178 g/mol. The lowest BCUT2D eigenvalue weighted by Gasteiger charge is -2.18. The van der Waals surface area contributed by atoms with Crippen molar-refractivity contribution in [3.63, 3.8) is 0 Å². The molecule has 1 N–H and O–H groups in total. The van der Waals surface area contributed by atoms with E-state index in [0.29, 0.717) is 5.95 Å². The van der Waals surface area contributed by atoms with E-state index in [4.69, 9.17) is 5.11 Å². The molecule has 0 saturated heterocycles. The van der Waals surface area contributed by atoms with E-state index >= 15 is 0 Å². The molecule has 0 radical (unpaired) electrons. The first-order chi connectivity index (χ1) is 6.81. The molecule has 4 heteroatoms. The Kier molecular flexibility index (Phi) is 4.07. The molecule has 0 unspecified atom stereocenters. The topological polar surface area (TPSA) is 49.2 Å². The Labute approximate surface area is 83.9 Å². The number of nitrogens with zero attached hydrogens (tertiary/aromatic N) is 3. The summed E-state index contributed by atoms with van der Waals surface area (Å²) >= 11 is 0. The molecule has 14 heavy (non-hydrogen) atoms. The van der Waals surface area contributed by atoms with E-state index in [1.54, 1.807) is 12.4 Å². The monoisotopic (exact) mass is 193 g/mol. The van der Waals surface area contributed by atoms with Gasteiger partial charge in [-0.15, -0.1) is 6.58 Å². The van der Waals surface area contributed by atoms with Crippen molar-refractivity contribution in [2.75, 3.05) is 18.0 Å². The van der Waals surface area contributed by atoms with Gasteiger partial charge in [-0.05, 0) is 6.92 Å². The Bertz CT molecular complexity index is 284. The fraction of sp³-hybridized carbons (Fsp3) is 0.400. The minimum absolute atomic E-state index is 0.0200. The van der Waals surface area contributed by atoms with Crippen LogP contribution >= 0.6 is 0 Å². The minimum Gasteiger partial charge on any atom is -0.392 e. The van der Waals surface area contributed by atoms with Crippen LogP contribution in [0.25, 0.3) is 0 Å². The lowest BCUT2D eigenvalue weighted by atomic mass is 10.4. The molecule has 0 amide bonds. The third-order valence-electron chi connectivity index (χ3n) is 1.89. The van der Waals surface area contributed by atoms with Crippen LogP contribution in [0.5, 0.6) is 0 Å². The first kappa shape index (κ1) is 10.7. The summed E-state index contributed by atoms with van der Waals surface area (Å²) in [5.74, 6) is 0.671. The van der Waals surface area contributed by atoms with Crippen LogP contribution in [-0.2, 0) is 6.61 Å². The third kappa shape index (κ3) is 2.53. The molecule has 4 nitrogen and oxygen atoms in total. The first-order valence-corrected chi connectivity index (χ1v) is 4.59.